The van der Waals surface area contributed by atoms with Crippen LogP contribution in [0.25, 0.3) is 0 Å². The molecule has 2 heteroatoms. The molecule has 0 aromatic rings. The molecule has 1 nitrogen and oxygen atoms in total. The van der Waals surface area contributed by atoms with Crippen molar-refractivity contribution in [2.45, 2.75) is 25.5 Å². The Hall–Kier alpha value is 0.177. The third-order valence-corrected chi connectivity index (χ3v) is 1.23. The Morgan fingerprint density at radius 1 is 1.75 bits per heavy atom. The Labute approximate surface area is 54.8 Å². The SMILES string of the molecule is [CH2]C([SiH3])OCCCC. The van der Waals surface area contributed by atoms with Crippen molar-refractivity contribution in [2.24, 2.45) is 0 Å². The highest BCUT2D eigenvalue weighted by atomic mass is 28.1. The zero-order chi connectivity index (χ0) is 6.41. The van der Waals surface area contributed by atoms with E-state index in [1.165, 1.54) is 12.8 Å². The van der Waals surface area contributed by atoms with Crippen molar-refractivity contribution in [2.75, 3.05) is 6.61 Å². The summed E-state index contributed by atoms with van der Waals surface area (Å²) < 4.78 is 5.23. The van der Waals surface area contributed by atoms with Gasteiger partial charge in [-0.05, 0) is 13.3 Å². The lowest BCUT2D eigenvalue weighted by Crippen LogP contribution is -2.08. The number of rotatable bonds is 4. The van der Waals surface area contributed by atoms with E-state index in [1.54, 1.807) is 0 Å². The van der Waals surface area contributed by atoms with Gasteiger partial charge in [0, 0.05) is 22.6 Å². The fourth-order valence-corrected chi connectivity index (χ4v) is 0.665. The molecule has 1 unspecified atom stereocenters. The van der Waals surface area contributed by atoms with Gasteiger partial charge in [0.25, 0.3) is 0 Å². The highest BCUT2D eigenvalue weighted by Gasteiger charge is 1.89. The summed E-state index contributed by atoms with van der Waals surface area (Å²) in [6.07, 6.45) is 2.39. The molecule has 0 fully saturated rings. The van der Waals surface area contributed by atoms with Crippen LogP contribution in [0.15, 0.2) is 0 Å². The average molecular weight is 131 g/mol. The second kappa shape index (κ2) is 5.32. The molecule has 0 rings (SSSR count). The molecule has 0 aromatic carbocycles. The van der Waals surface area contributed by atoms with Crippen molar-refractivity contribution < 1.29 is 4.74 Å². The first kappa shape index (κ1) is 8.18. The zero-order valence-corrected chi connectivity index (χ0v) is 7.81. The molecule has 0 saturated carbocycles. The third-order valence-electron chi connectivity index (χ3n) is 0.900. The quantitative estimate of drug-likeness (QED) is 0.394. The first-order chi connectivity index (χ1) is 3.77. The fourth-order valence-electron chi connectivity index (χ4n) is 0.429. The molecule has 49 valence electrons. The van der Waals surface area contributed by atoms with E-state index in [9.17, 15) is 0 Å². The molecule has 1 radical (unpaired) electrons. The Morgan fingerprint density at radius 2 is 2.38 bits per heavy atom. The van der Waals surface area contributed by atoms with Crippen LogP contribution in [0.3, 0.4) is 0 Å². The molecule has 0 bridgehead atoms. The van der Waals surface area contributed by atoms with E-state index >= 15 is 0 Å². The van der Waals surface area contributed by atoms with E-state index in [0.29, 0.717) is 5.73 Å². The van der Waals surface area contributed by atoms with Gasteiger partial charge in [0.1, 0.15) is 0 Å². The Balaban J connectivity index is 2.72. The maximum atomic E-state index is 5.23. The maximum Gasteiger partial charge on any atom is 0.0464 e. The number of hydrogen-bond donors (Lipinski definition) is 0. The summed E-state index contributed by atoms with van der Waals surface area (Å²) in [4.78, 5) is 0. The first-order valence-electron chi connectivity index (χ1n) is 3.22. The van der Waals surface area contributed by atoms with Crippen LogP contribution in [0.4, 0.5) is 0 Å². The fraction of sp³-hybridized carbons (Fsp3) is 0.833. The molecule has 8 heavy (non-hydrogen) atoms. The lowest BCUT2D eigenvalue weighted by molar-refractivity contribution is 0.131. The van der Waals surface area contributed by atoms with E-state index in [4.69, 9.17) is 4.74 Å². The summed E-state index contributed by atoms with van der Waals surface area (Å²) in [5.41, 5.74) is 0.293. The van der Waals surface area contributed by atoms with Gasteiger partial charge in [0.2, 0.25) is 0 Å². The van der Waals surface area contributed by atoms with Gasteiger partial charge in [-0.1, -0.05) is 13.3 Å². The number of unbranched alkanes of at least 4 members (excludes halogenated alkanes) is 1. The van der Waals surface area contributed by atoms with Crippen LogP contribution in [0.2, 0.25) is 0 Å². The van der Waals surface area contributed by atoms with Gasteiger partial charge >= 0.3 is 0 Å². The van der Waals surface area contributed by atoms with Gasteiger partial charge in [0.15, 0.2) is 0 Å². The van der Waals surface area contributed by atoms with Crippen molar-refractivity contribution in [3.8, 4) is 0 Å². The van der Waals surface area contributed by atoms with Crippen LogP contribution in [0, 0.1) is 6.92 Å². The molecule has 0 aromatic heterocycles. The molecular formula is C6H15OSi. The smallest absolute Gasteiger partial charge is 0.0464 e. The predicted molar refractivity (Wildman–Crippen MR) is 39.9 cm³/mol. The average Bonchev–Trinajstić information content (AvgIpc) is 1.66. The highest BCUT2D eigenvalue weighted by molar-refractivity contribution is 6.11. The molecular weight excluding hydrogens is 116 g/mol. The van der Waals surface area contributed by atoms with E-state index in [-0.39, 0.29) is 0 Å². The molecule has 0 saturated heterocycles. The second-order valence-corrected chi connectivity index (χ2v) is 3.32. The van der Waals surface area contributed by atoms with E-state index in [0.717, 1.165) is 16.8 Å². The van der Waals surface area contributed by atoms with Crippen LogP contribution in [0.5, 0.6) is 0 Å². The summed E-state index contributed by atoms with van der Waals surface area (Å²) in [5, 5.41) is 0. The van der Waals surface area contributed by atoms with Crippen molar-refractivity contribution in [1.29, 1.82) is 0 Å². The lowest BCUT2D eigenvalue weighted by Gasteiger charge is -2.04. The van der Waals surface area contributed by atoms with Gasteiger partial charge in [-0.3, -0.25) is 0 Å². The number of ether oxygens (including phenoxy) is 1. The minimum absolute atomic E-state index is 0.293. The maximum absolute atomic E-state index is 5.23. The summed E-state index contributed by atoms with van der Waals surface area (Å²) in [7, 11) is 1.05. The van der Waals surface area contributed by atoms with E-state index < -0.39 is 0 Å². The molecule has 0 spiro atoms. The Kier molecular flexibility index (Phi) is 5.43. The predicted octanol–water partition coefficient (Wildman–Crippen LogP) is 0.329. The zero-order valence-electron chi connectivity index (χ0n) is 5.81. The van der Waals surface area contributed by atoms with Crippen molar-refractivity contribution in [1.82, 2.24) is 0 Å². The largest absolute Gasteiger partial charge is 0.383 e. The summed E-state index contributed by atoms with van der Waals surface area (Å²) in [6, 6.07) is 0. The van der Waals surface area contributed by atoms with Crippen LogP contribution >= 0.6 is 0 Å². The lowest BCUT2D eigenvalue weighted by atomic mass is 10.4. The summed E-state index contributed by atoms with van der Waals surface area (Å²) >= 11 is 0. The molecule has 0 amide bonds. The third kappa shape index (κ3) is 6.18. The topological polar surface area (TPSA) is 9.23 Å². The van der Waals surface area contributed by atoms with Crippen molar-refractivity contribution in [3.05, 3.63) is 6.92 Å². The Bertz CT molecular complexity index is 45.8. The van der Waals surface area contributed by atoms with Gasteiger partial charge in [-0.15, -0.1) is 0 Å². The molecule has 0 N–H and O–H groups in total. The molecule has 0 aliphatic rings. The first-order valence-corrected chi connectivity index (χ1v) is 4.37. The highest BCUT2D eigenvalue weighted by Crippen LogP contribution is 1.89. The van der Waals surface area contributed by atoms with Crippen LogP contribution < -0.4 is 0 Å². The molecule has 0 heterocycles. The van der Waals surface area contributed by atoms with Crippen LogP contribution in [-0.2, 0) is 4.74 Å². The van der Waals surface area contributed by atoms with Crippen molar-refractivity contribution in [3.63, 3.8) is 0 Å². The van der Waals surface area contributed by atoms with E-state index in [1.807, 2.05) is 0 Å². The summed E-state index contributed by atoms with van der Waals surface area (Å²) in [6.45, 7) is 6.81. The van der Waals surface area contributed by atoms with Gasteiger partial charge in [-0.2, -0.15) is 0 Å². The summed E-state index contributed by atoms with van der Waals surface area (Å²) in [5.74, 6) is 0. The molecule has 0 aliphatic heterocycles. The molecule has 0 aliphatic carbocycles. The van der Waals surface area contributed by atoms with Gasteiger partial charge < -0.3 is 4.74 Å². The molecule has 1 atom stereocenters. The van der Waals surface area contributed by atoms with Gasteiger partial charge in [0.05, 0.1) is 0 Å². The van der Waals surface area contributed by atoms with Gasteiger partial charge in [-0.25, -0.2) is 0 Å². The second-order valence-electron chi connectivity index (χ2n) is 2.03. The number of hydrogen-bond acceptors (Lipinski definition) is 1. The minimum Gasteiger partial charge on any atom is -0.383 e. The van der Waals surface area contributed by atoms with E-state index in [2.05, 4.69) is 13.8 Å². The Morgan fingerprint density at radius 3 is 2.75 bits per heavy atom. The normalized spacial score (nSPS) is 14.2. The standard InChI is InChI=1S/C6H15OSi/c1-3-4-5-7-6(2)8/h6H,2-5H2,1,8H3. The van der Waals surface area contributed by atoms with Crippen LogP contribution in [-0.4, -0.2) is 22.6 Å². The monoisotopic (exact) mass is 131 g/mol. The minimum atomic E-state index is 0.293. The van der Waals surface area contributed by atoms with Crippen molar-refractivity contribution >= 4 is 10.2 Å². The van der Waals surface area contributed by atoms with Crippen LogP contribution in [0.1, 0.15) is 19.8 Å².